The third kappa shape index (κ3) is 5.28. The van der Waals surface area contributed by atoms with E-state index in [0.717, 1.165) is 11.0 Å². The Morgan fingerprint density at radius 3 is 2.73 bits per heavy atom. The van der Waals surface area contributed by atoms with Crippen molar-refractivity contribution in [2.45, 2.75) is 31.5 Å². The molecule has 2 unspecified atom stereocenters. The maximum atomic E-state index is 11.7. The standard InChI is InChI=1S/C12H21N4O9P/c1-2-22-3-4-23-26(20,21)24-5-7-8(17)9(18)12(25-7)16-6-14-11(15-16)10(13)19/h6-9,12,17-18H,2-5H2,1H3,(H2,13,19)(H,20,21)/t7-,8+,9?,12-/m1/s1. The van der Waals surface area contributed by atoms with Crippen molar-refractivity contribution in [2.24, 2.45) is 5.73 Å². The van der Waals surface area contributed by atoms with Gasteiger partial charge in [0.1, 0.15) is 24.6 Å². The van der Waals surface area contributed by atoms with Gasteiger partial charge in [-0.2, -0.15) is 0 Å². The molecular formula is C12H21N4O9P. The van der Waals surface area contributed by atoms with Crippen LogP contribution < -0.4 is 5.73 Å². The summed E-state index contributed by atoms with van der Waals surface area (Å²) in [6.45, 7) is 1.62. The first kappa shape index (κ1) is 20.9. The molecule has 2 rings (SSSR count). The van der Waals surface area contributed by atoms with Gasteiger partial charge in [-0.25, -0.2) is 14.2 Å². The van der Waals surface area contributed by atoms with E-state index in [-0.39, 0.29) is 19.0 Å². The molecule has 0 radical (unpaired) electrons. The number of carbonyl (C=O) groups is 1. The molecule has 1 amide bonds. The van der Waals surface area contributed by atoms with Crippen molar-refractivity contribution < 1.29 is 43.0 Å². The van der Waals surface area contributed by atoms with Crippen molar-refractivity contribution in [3.63, 3.8) is 0 Å². The third-order valence-corrected chi connectivity index (χ3v) is 4.40. The van der Waals surface area contributed by atoms with Gasteiger partial charge in [-0.15, -0.1) is 5.10 Å². The van der Waals surface area contributed by atoms with Crippen LogP contribution in [0.15, 0.2) is 6.33 Å². The lowest BCUT2D eigenvalue weighted by Crippen LogP contribution is -2.33. The van der Waals surface area contributed by atoms with Gasteiger partial charge < -0.3 is 30.3 Å². The molecule has 1 fully saturated rings. The summed E-state index contributed by atoms with van der Waals surface area (Å²) in [5.74, 6) is -1.17. The number of nitrogens with two attached hydrogens (primary N) is 1. The lowest BCUT2D eigenvalue weighted by atomic mass is 10.1. The van der Waals surface area contributed by atoms with E-state index in [1.54, 1.807) is 6.92 Å². The van der Waals surface area contributed by atoms with E-state index in [0.29, 0.717) is 6.61 Å². The number of aliphatic hydroxyl groups excluding tert-OH is 2. The molecule has 0 spiro atoms. The number of rotatable bonds is 10. The van der Waals surface area contributed by atoms with E-state index >= 15 is 0 Å². The van der Waals surface area contributed by atoms with Crippen molar-refractivity contribution in [3.8, 4) is 0 Å². The van der Waals surface area contributed by atoms with Crippen molar-refractivity contribution in [1.29, 1.82) is 0 Å². The summed E-state index contributed by atoms with van der Waals surface area (Å²) in [5, 5.41) is 23.8. The van der Waals surface area contributed by atoms with Crippen LogP contribution in [0.25, 0.3) is 0 Å². The zero-order valence-electron chi connectivity index (χ0n) is 13.9. The number of aromatic nitrogens is 3. The number of phosphoric ester groups is 1. The van der Waals surface area contributed by atoms with Crippen LogP contribution >= 0.6 is 7.82 Å². The second kappa shape index (κ2) is 8.97. The fraction of sp³-hybridized carbons (Fsp3) is 0.750. The zero-order valence-corrected chi connectivity index (χ0v) is 14.8. The Bertz CT molecular complexity index is 656. The van der Waals surface area contributed by atoms with Crippen LogP contribution in [0.3, 0.4) is 0 Å². The van der Waals surface area contributed by atoms with Crippen LogP contribution in [-0.4, -0.2) is 80.5 Å². The normalized spacial score (nSPS) is 28.2. The number of nitrogens with zero attached hydrogens (tertiary/aromatic N) is 3. The monoisotopic (exact) mass is 396 g/mol. The maximum Gasteiger partial charge on any atom is 0.472 e. The Balaban J connectivity index is 1.90. The van der Waals surface area contributed by atoms with E-state index in [2.05, 4.69) is 14.6 Å². The minimum Gasteiger partial charge on any atom is -0.387 e. The molecule has 1 aromatic heterocycles. The van der Waals surface area contributed by atoms with Crippen molar-refractivity contribution >= 4 is 13.7 Å². The molecule has 0 aromatic carbocycles. The van der Waals surface area contributed by atoms with Crippen LogP contribution in [-0.2, 0) is 23.1 Å². The van der Waals surface area contributed by atoms with E-state index in [1.165, 1.54) is 0 Å². The van der Waals surface area contributed by atoms with E-state index in [1.807, 2.05) is 0 Å². The second-order valence-electron chi connectivity index (χ2n) is 5.25. The van der Waals surface area contributed by atoms with Gasteiger partial charge in [-0.1, -0.05) is 0 Å². The van der Waals surface area contributed by atoms with Crippen molar-refractivity contribution in [1.82, 2.24) is 14.8 Å². The predicted octanol–water partition coefficient (Wildman–Crippen LogP) is -1.83. The van der Waals surface area contributed by atoms with Gasteiger partial charge in [0.05, 0.1) is 19.8 Å². The summed E-state index contributed by atoms with van der Waals surface area (Å²) < 4.78 is 32.5. The summed E-state index contributed by atoms with van der Waals surface area (Å²) in [7, 11) is -4.38. The first-order chi connectivity index (χ1) is 12.2. The van der Waals surface area contributed by atoms with Gasteiger partial charge in [-0.3, -0.25) is 13.8 Å². The van der Waals surface area contributed by atoms with Gasteiger partial charge in [-0.05, 0) is 6.92 Å². The zero-order chi connectivity index (χ0) is 19.3. The lowest BCUT2D eigenvalue weighted by Gasteiger charge is -2.17. The maximum absolute atomic E-state index is 11.7. The molecule has 5 atom stereocenters. The van der Waals surface area contributed by atoms with Crippen LogP contribution in [0.2, 0.25) is 0 Å². The number of primary amides is 1. The largest absolute Gasteiger partial charge is 0.472 e. The summed E-state index contributed by atoms with van der Waals surface area (Å²) in [5.41, 5.74) is 5.04. The molecule has 0 saturated carbocycles. The number of amides is 1. The van der Waals surface area contributed by atoms with Gasteiger partial charge in [0.25, 0.3) is 5.91 Å². The Kier molecular flexibility index (Phi) is 7.20. The second-order valence-corrected chi connectivity index (χ2v) is 6.71. The summed E-state index contributed by atoms with van der Waals surface area (Å²) in [6, 6.07) is 0. The van der Waals surface area contributed by atoms with Crippen molar-refractivity contribution in [2.75, 3.05) is 26.4 Å². The number of aliphatic hydroxyl groups is 2. The molecule has 0 bridgehead atoms. The SMILES string of the molecule is CCOCCOP(=O)(O)OC[C@H]1O[C@@H](n2cnc(C(N)=O)n2)C(O)[C@H]1O. The Hall–Kier alpha value is -1.44. The molecule has 26 heavy (non-hydrogen) atoms. The molecule has 13 nitrogen and oxygen atoms in total. The minimum atomic E-state index is -4.38. The van der Waals surface area contributed by atoms with Gasteiger partial charge in [0.2, 0.25) is 5.82 Å². The molecule has 1 aliphatic heterocycles. The number of carbonyl (C=O) groups excluding carboxylic acids is 1. The van der Waals surface area contributed by atoms with Crippen LogP contribution in [0.4, 0.5) is 0 Å². The molecule has 1 aliphatic rings. The summed E-state index contributed by atoms with van der Waals surface area (Å²) in [4.78, 5) is 24.2. The van der Waals surface area contributed by atoms with Gasteiger partial charge >= 0.3 is 7.82 Å². The molecule has 1 saturated heterocycles. The molecular weight excluding hydrogens is 375 g/mol. The Morgan fingerprint density at radius 2 is 2.12 bits per heavy atom. The molecule has 1 aromatic rings. The topological polar surface area (TPSA) is 188 Å². The molecule has 2 heterocycles. The Morgan fingerprint density at radius 1 is 1.38 bits per heavy atom. The molecule has 5 N–H and O–H groups in total. The highest BCUT2D eigenvalue weighted by Gasteiger charge is 2.45. The van der Waals surface area contributed by atoms with Gasteiger partial charge in [0.15, 0.2) is 6.23 Å². The third-order valence-electron chi connectivity index (χ3n) is 3.42. The quantitative estimate of drug-likeness (QED) is 0.257. The van der Waals surface area contributed by atoms with E-state index < -0.39 is 44.9 Å². The van der Waals surface area contributed by atoms with E-state index in [9.17, 15) is 24.5 Å². The fourth-order valence-electron chi connectivity index (χ4n) is 2.16. The number of ether oxygens (including phenoxy) is 2. The predicted molar refractivity (Wildman–Crippen MR) is 82.7 cm³/mol. The summed E-state index contributed by atoms with van der Waals surface area (Å²) in [6.07, 6.45) is -4.12. The highest BCUT2D eigenvalue weighted by molar-refractivity contribution is 7.47. The molecule has 14 heteroatoms. The van der Waals surface area contributed by atoms with Crippen LogP contribution in [0.1, 0.15) is 23.8 Å². The number of phosphoric acid groups is 1. The minimum absolute atomic E-state index is 0.113. The van der Waals surface area contributed by atoms with Gasteiger partial charge in [0, 0.05) is 6.61 Å². The van der Waals surface area contributed by atoms with Crippen LogP contribution in [0.5, 0.6) is 0 Å². The summed E-state index contributed by atoms with van der Waals surface area (Å²) >= 11 is 0. The lowest BCUT2D eigenvalue weighted by molar-refractivity contribution is -0.0593. The number of hydrogen-bond donors (Lipinski definition) is 4. The average molecular weight is 396 g/mol. The van der Waals surface area contributed by atoms with Crippen molar-refractivity contribution in [3.05, 3.63) is 12.2 Å². The smallest absolute Gasteiger partial charge is 0.387 e. The number of hydrogen-bond acceptors (Lipinski definition) is 10. The first-order valence-electron chi connectivity index (χ1n) is 7.67. The van der Waals surface area contributed by atoms with Crippen LogP contribution in [0, 0.1) is 0 Å². The fourth-order valence-corrected chi connectivity index (χ4v) is 2.87. The molecule has 0 aliphatic carbocycles. The first-order valence-corrected chi connectivity index (χ1v) is 9.17. The molecule has 148 valence electrons. The highest BCUT2D eigenvalue weighted by atomic mass is 31.2. The highest BCUT2D eigenvalue weighted by Crippen LogP contribution is 2.44. The van der Waals surface area contributed by atoms with E-state index in [4.69, 9.17) is 19.7 Å². The average Bonchev–Trinajstić information content (AvgIpc) is 3.17. The Labute approximate surface area is 148 Å².